The van der Waals surface area contributed by atoms with E-state index in [9.17, 15) is 14.7 Å². The molecule has 1 aromatic rings. The highest BCUT2D eigenvalue weighted by Crippen LogP contribution is 2.38. The number of rotatable bonds is 5. The molecular weight excluding hydrogens is 330 g/mol. The van der Waals surface area contributed by atoms with Gasteiger partial charge in [-0.3, -0.25) is 14.5 Å². The number of nitrogens with zero attached hydrogens (tertiary/aromatic N) is 1. The van der Waals surface area contributed by atoms with E-state index in [1.807, 2.05) is 24.3 Å². The van der Waals surface area contributed by atoms with Gasteiger partial charge in [-0.2, -0.15) is 0 Å². The monoisotopic (exact) mass is 359 g/mol. The van der Waals surface area contributed by atoms with Crippen LogP contribution in [-0.2, 0) is 15.0 Å². The van der Waals surface area contributed by atoms with Gasteiger partial charge in [0.1, 0.15) is 18.5 Å². The third-order valence-electron chi connectivity index (χ3n) is 5.49. The Hall–Kier alpha value is -1.88. The minimum atomic E-state index is -0.884. The van der Waals surface area contributed by atoms with Gasteiger partial charge in [0.2, 0.25) is 11.8 Å². The van der Waals surface area contributed by atoms with Crippen LogP contribution in [0.3, 0.4) is 0 Å². The van der Waals surface area contributed by atoms with Crippen LogP contribution in [0.4, 0.5) is 0 Å². The summed E-state index contributed by atoms with van der Waals surface area (Å²) < 4.78 is 5.64. The minimum Gasteiger partial charge on any atom is -0.491 e. The average molecular weight is 359 g/mol. The summed E-state index contributed by atoms with van der Waals surface area (Å²) in [7, 11) is 0. The lowest BCUT2D eigenvalue weighted by atomic mass is 9.81. The van der Waals surface area contributed by atoms with Crippen LogP contribution >= 0.6 is 0 Å². The van der Waals surface area contributed by atoms with Gasteiger partial charge in [0.15, 0.2) is 0 Å². The van der Waals surface area contributed by atoms with E-state index >= 15 is 0 Å². The summed E-state index contributed by atoms with van der Waals surface area (Å²) >= 11 is 0. The van der Waals surface area contributed by atoms with Crippen molar-refractivity contribution in [2.45, 2.75) is 58.0 Å². The first-order chi connectivity index (χ1) is 12.3. The molecule has 5 nitrogen and oxygen atoms in total. The highest BCUT2D eigenvalue weighted by atomic mass is 16.5. The molecule has 0 bridgehead atoms. The van der Waals surface area contributed by atoms with Crippen molar-refractivity contribution in [3.63, 3.8) is 0 Å². The van der Waals surface area contributed by atoms with E-state index in [4.69, 9.17) is 4.74 Å². The number of hydrogen-bond donors (Lipinski definition) is 1. The maximum atomic E-state index is 12.4. The van der Waals surface area contributed by atoms with Gasteiger partial charge >= 0.3 is 0 Å². The number of amides is 2. The molecule has 1 aliphatic heterocycles. The third kappa shape index (κ3) is 3.93. The van der Waals surface area contributed by atoms with Gasteiger partial charge in [-0.15, -0.1) is 0 Å². The van der Waals surface area contributed by atoms with Crippen molar-refractivity contribution in [2.24, 2.45) is 11.8 Å². The fourth-order valence-corrected chi connectivity index (χ4v) is 3.92. The Morgan fingerprint density at radius 2 is 1.62 bits per heavy atom. The third-order valence-corrected chi connectivity index (χ3v) is 5.49. The summed E-state index contributed by atoms with van der Waals surface area (Å²) in [5.41, 5.74) is 1.28. The number of carbonyl (C=O) groups excluding carboxylic acids is 2. The zero-order chi connectivity index (χ0) is 18.9. The molecule has 3 rings (SSSR count). The van der Waals surface area contributed by atoms with Crippen LogP contribution in [0.5, 0.6) is 5.75 Å². The number of hydrogen-bond acceptors (Lipinski definition) is 4. The molecule has 2 fully saturated rings. The Kier molecular flexibility index (Phi) is 5.37. The standard InChI is InChI=1S/C21H29NO4/c1-21(2,3)14-8-10-16(11-9-14)26-13-15(23)12-22-19(24)17-6-4-5-7-18(17)20(22)25/h8-11,15,17-18,23H,4-7,12-13H2,1-3H3. The second-order valence-corrected chi connectivity index (χ2v) is 8.52. The van der Waals surface area contributed by atoms with Crippen molar-refractivity contribution in [2.75, 3.05) is 13.2 Å². The van der Waals surface area contributed by atoms with E-state index in [-0.39, 0.29) is 42.2 Å². The SMILES string of the molecule is CC(C)(C)c1ccc(OCC(O)CN2C(=O)C3CCCCC3C2=O)cc1. The molecule has 3 unspecified atom stereocenters. The van der Waals surface area contributed by atoms with Crippen LogP contribution < -0.4 is 4.74 Å². The molecule has 1 heterocycles. The number of likely N-dealkylation sites (tertiary alicyclic amines) is 1. The second-order valence-electron chi connectivity index (χ2n) is 8.52. The number of carbonyl (C=O) groups is 2. The molecule has 1 aliphatic carbocycles. The quantitative estimate of drug-likeness (QED) is 0.821. The summed E-state index contributed by atoms with van der Waals surface area (Å²) in [5.74, 6) is 0.0926. The van der Waals surface area contributed by atoms with Crippen LogP contribution in [0.2, 0.25) is 0 Å². The summed E-state index contributed by atoms with van der Waals surface area (Å²) in [5, 5.41) is 10.3. The zero-order valence-corrected chi connectivity index (χ0v) is 15.9. The first-order valence-corrected chi connectivity index (χ1v) is 9.54. The van der Waals surface area contributed by atoms with Crippen LogP contribution in [-0.4, -0.2) is 41.1 Å². The number of imide groups is 1. The molecule has 3 atom stereocenters. The van der Waals surface area contributed by atoms with Crippen molar-refractivity contribution in [1.29, 1.82) is 0 Å². The number of aliphatic hydroxyl groups is 1. The zero-order valence-electron chi connectivity index (χ0n) is 15.9. The maximum absolute atomic E-state index is 12.4. The molecule has 0 radical (unpaired) electrons. The summed E-state index contributed by atoms with van der Waals surface area (Å²) in [4.78, 5) is 26.1. The van der Waals surface area contributed by atoms with E-state index in [0.717, 1.165) is 25.7 Å². The fraction of sp³-hybridized carbons (Fsp3) is 0.619. The molecule has 5 heteroatoms. The van der Waals surface area contributed by atoms with Crippen molar-refractivity contribution in [3.05, 3.63) is 29.8 Å². The fourth-order valence-electron chi connectivity index (χ4n) is 3.92. The molecule has 0 spiro atoms. The number of aliphatic hydroxyl groups excluding tert-OH is 1. The highest BCUT2D eigenvalue weighted by Gasteiger charge is 2.48. The van der Waals surface area contributed by atoms with E-state index in [1.165, 1.54) is 10.5 Å². The Morgan fingerprint density at radius 1 is 1.08 bits per heavy atom. The number of β-amino-alcohol motifs (C(OH)–C–C–N with tert-alkyl or cyclic N) is 1. The van der Waals surface area contributed by atoms with E-state index in [2.05, 4.69) is 20.8 Å². The molecule has 2 aliphatic rings. The van der Waals surface area contributed by atoms with Gasteiger partial charge < -0.3 is 9.84 Å². The van der Waals surface area contributed by atoms with Gasteiger partial charge in [-0.25, -0.2) is 0 Å². The Labute approximate surface area is 155 Å². The largest absolute Gasteiger partial charge is 0.491 e. The Balaban J connectivity index is 1.53. The smallest absolute Gasteiger partial charge is 0.233 e. The van der Waals surface area contributed by atoms with Crippen molar-refractivity contribution < 1.29 is 19.4 Å². The second kappa shape index (κ2) is 7.39. The average Bonchev–Trinajstić information content (AvgIpc) is 2.85. The van der Waals surface area contributed by atoms with Crippen LogP contribution in [0, 0.1) is 11.8 Å². The first-order valence-electron chi connectivity index (χ1n) is 9.54. The molecule has 0 aromatic heterocycles. The van der Waals surface area contributed by atoms with Crippen LogP contribution in [0.15, 0.2) is 24.3 Å². The maximum Gasteiger partial charge on any atom is 0.233 e. The van der Waals surface area contributed by atoms with E-state index in [1.54, 1.807) is 0 Å². The molecule has 1 aromatic carbocycles. The topological polar surface area (TPSA) is 66.8 Å². The molecular formula is C21H29NO4. The lowest BCUT2D eigenvalue weighted by molar-refractivity contribution is -0.141. The lowest BCUT2D eigenvalue weighted by Crippen LogP contribution is -2.40. The molecule has 26 heavy (non-hydrogen) atoms. The molecule has 1 N–H and O–H groups in total. The normalized spacial score (nSPS) is 24.5. The minimum absolute atomic E-state index is 0.0186. The van der Waals surface area contributed by atoms with E-state index < -0.39 is 6.10 Å². The molecule has 1 saturated heterocycles. The predicted octanol–water partition coefficient (Wildman–Crippen LogP) is 2.90. The van der Waals surface area contributed by atoms with E-state index in [0.29, 0.717) is 5.75 Å². The highest BCUT2D eigenvalue weighted by molar-refractivity contribution is 6.05. The van der Waals surface area contributed by atoms with Crippen LogP contribution in [0.1, 0.15) is 52.0 Å². The summed E-state index contributed by atoms with van der Waals surface area (Å²) in [6.45, 7) is 6.52. The number of benzene rings is 1. The molecule has 1 saturated carbocycles. The van der Waals surface area contributed by atoms with Gasteiger partial charge in [0, 0.05) is 0 Å². The summed E-state index contributed by atoms with van der Waals surface area (Å²) in [6.07, 6.45) is 2.70. The Bertz CT molecular complexity index is 638. The van der Waals surface area contributed by atoms with Crippen molar-refractivity contribution in [3.8, 4) is 5.75 Å². The van der Waals surface area contributed by atoms with Crippen molar-refractivity contribution >= 4 is 11.8 Å². The lowest BCUT2D eigenvalue weighted by Gasteiger charge is -2.21. The first kappa shape index (κ1) is 18.9. The number of fused-ring (bicyclic) bond motifs is 1. The van der Waals surface area contributed by atoms with Gasteiger partial charge in [-0.05, 0) is 36.0 Å². The van der Waals surface area contributed by atoms with Gasteiger partial charge in [-0.1, -0.05) is 45.7 Å². The Morgan fingerprint density at radius 3 is 2.12 bits per heavy atom. The van der Waals surface area contributed by atoms with Gasteiger partial charge in [0.25, 0.3) is 0 Å². The predicted molar refractivity (Wildman–Crippen MR) is 98.8 cm³/mol. The van der Waals surface area contributed by atoms with Crippen molar-refractivity contribution in [1.82, 2.24) is 4.90 Å². The molecule has 142 valence electrons. The number of ether oxygens (including phenoxy) is 1. The summed E-state index contributed by atoms with van der Waals surface area (Å²) in [6, 6.07) is 7.79. The van der Waals surface area contributed by atoms with Crippen LogP contribution in [0.25, 0.3) is 0 Å². The molecule has 2 amide bonds. The van der Waals surface area contributed by atoms with Gasteiger partial charge in [0.05, 0.1) is 18.4 Å².